The summed E-state index contributed by atoms with van der Waals surface area (Å²) in [6, 6.07) is 28.7. The second kappa shape index (κ2) is 35.7. The maximum absolute atomic E-state index is 12.9. The quantitative estimate of drug-likeness (QED) is 0.0279. The Morgan fingerprint density at radius 1 is 0.396 bits per heavy atom. The molecule has 0 radical (unpaired) electrons. The predicted octanol–water partition coefficient (Wildman–Crippen LogP) is 14.7. The molecule has 6 saturated heterocycles. The zero-order valence-electron chi connectivity index (χ0n) is 83.2. The first-order valence-electron chi connectivity index (χ1n) is 51.7. The number of pyridine rings is 6. The van der Waals surface area contributed by atoms with Gasteiger partial charge in [0.1, 0.15) is 58.0 Å². The molecule has 1 amide bonds. The first-order valence-corrected chi connectivity index (χ1v) is 52.1. The number of imidazole rings is 3. The van der Waals surface area contributed by atoms with Gasteiger partial charge in [-0.15, -0.1) is 10.2 Å². The van der Waals surface area contributed by atoms with Crippen molar-refractivity contribution in [3.63, 3.8) is 0 Å². The lowest BCUT2D eigenvalue weighted by Gasteiger charge is -2.26. The number of hydrogen-bond donors (Lipinski definition) is 7. The highest BCUT2D eigenvalue weighted by Crippen LogP contribution is 2.58. The number of carbonyl (C=O) groups excluding carboxylic acids is 6. The second-order valence-electron chi connectivity index (χ2n) is 47.3. The average Bonchev–Trinajstić information content (AvgIpc) is 1.57. The van der Waals surface area contributed by atoms with Crippen LogP contribution in [0.25, 0.3) is 43.9 Å². The molecular weight excluding hydrogens is 1760 g/mol. The van der Waals surface area contributed by atoms with Crippen LogP contribution in [-0.4, -0.2) is 176 Å². The Balaban J connectivity index is 0.0000000962. The molecule has 0 spiro atoms. The average molecular weight is 1890 g/mol. The first-order chi connectivity index (χ1) is 66.7. The number of amides is 1. The molecular formula is C112H137ClN20O6. The standard InChI is InChI=1S/C21H25N3O.2C20H25N3O.C17H20ClN3O.C17H20N4O.C17H22N4O/c1-21(2,9-17(25)18-14-10-22-11-15(14)18)19-13-5-3-4-6-16(13)23-20(24-19)12-7-8-12;1-20(2,8-17(24)18-14-9-21-10-15(14)18)19-22-11-16-13(12-5-6-12)4-3-7-23(16)19;1-11-7-14-12(2)22-6-5-13(14)19(23-11)20(3,4)8-17(24)18-15-9-21-10-16(15)18;1-17(2,6-14(22)15-10-7-19-8-11(10)15)16-20-9-13-12(18)4-3-5-21(13)16;1-10-3-2-6-21-13(10)9-19-16(21)17(4-5-17)20-15(22)14-11-7-18-8-12(11)14;1-10-5-4-6-21-15(10)19-20-16(21)17(2,3)7-13(22)14-11-8-18-9-12(11)14/h3-6,12,14-15,18,22H,7-11H2,1-2H3;3-4,7,11-12,14-15,18,21H,5-6,8-10H2,1-2H3;5-7,15-16,18,21H,8-10H2,1-4H3;3-5,9-11,15,19H,6-8H2,1-2H3;2-3,6,9,11-12,14,18H,4-5,7-8H2,1H3,(H,20,22);4-6,11-12,14,18H,7-9H2,1-3H3/t2*14-,15+,18?;15-,16+,18?;10-,11+,15?;2*11-,12+,14?. The van der Waals surface area contributed by atoms with E-state index in [-0.39, 0.29) is 68.1 Å². The van der Waals surface area contributed by atoms with Crippen molar-refractivity contribution in [2.75, 3.05) is 78.5 Å². The van der Waals surface area contributed by atoms with Crippen LogP contribution in [0.5, 0.6) is 0 Å². The number of aryl methyl sites for hydroxylation is 4. The lowest BCUT2D eigenvalue weighted by molar-refractivity contribution is -0.124. The van der Waals surface area contributed by atoms with Crippen LogP contribution >= 0.6 is 11.6 Å². The fraction of sp³-hybridized carbons (Fsp3) is 0.562. The minimum absolute atomic E-state index is 0.226. The van der Waals surface area contributed by atoms with E-state index < -0.39 is 0 Å². The molecule has 26 nitrogen and oxygen atoms in total. The number of halogens is 1. The van der Waals surface area contributed by atoms with Gasteiger partial charge in [0.2, 0.25) is 5.91 Å². The lowest BCUT2D eigenvalue weighted by atomic mass is 9.80. The van der Waals surface area contributed by atoms with Gasteiger partial charge in [-0.25, -0.2) is 24.9 Å². The van der Waals surface area contributed by atoms with E-state index in [4.69, 9.17) is 31.5 Å². The Kier molecular flexibility index (Phi) is 24.0. The molecule has 12 aromatic rings. The Bertz CT molecular complexity index is 6520. The molecule has 27 heteroatoms. The van der Waals surface area contributed by atoms with E-state index in [0.717, 1.165) is 187 Å². The summed E-state index contributed by atoms with van der Waals surface area (Å²) in [5.74, 6) is 17.0. The number of piperidine rings is 6. The molecule has 7 N–H and O–H groups in total. The third-order valence-corrected chi connectivity index (χ3v) is 35.0. The SMILES string of the molecule is CC(C)(CC(=O)C1[C@H]2CNC[C@@H]12)c1nc(C2CC2)nc2ccccc12.CC(C)(CC(=O)C1[C@H]2CNC[C@@H]12)c1ncc2c(C3CC3)cccn12.CC(C)(CC(=O)C1[C@H]2CNC[C@@H]12)c1ncc2c(Cl)cccn12.Cc1cc2c(C)nccc2c(C(C)(C)CC(=O)C2[C@H]3CNC[C@@H]23)n1.Cc1cccn2c(C(C)(C)CC(=O)C3[C@H]4CNC[C@@H]34)nnc12.Cc1cccn2c(C3(NC(=O)C4[C@H]5CNC[C@@H]45)CC3)ncc12. The summed E-state index contributed by atoms with van der Waals surface area (Å²) < 4.78 is 8.39. The van der Waals surface area contributed by atoms with Gasteiger partial charge in [0.05, 0.1) is 62.6 Å². The molecule has 139 heavy (non-hydrogen) atoms. The third kappa shape index (κ3) is 17.9. The summed E-state index contributed by atoms with van der Waals surface area (Å²) in [4.78, 5) is 109. The van der Waals surface area contributed by atoms with Crippen molar-refractivity contribution >= 4 is 90.3 Å². The van der Waals surface area contributed by atoms with Gasteiger partial charge in [-0.05, 0) is 287 Å². The normalized spacial score (nSPS) is 28.0. The van der Waals surface area contributed by atoms with Crippen LogP contribution in [0.3, 0.4) is 0 Å². The van der Waals surface area contributed by atoms with Gasteiger partial charge in [-0.1, -0.05) is 117 Å². The summed E-state index contributed by atoms with van der Waals surface area (Å²) in [7, 11) is 0. The number of aromatic nitrogens is 13. The van der Waals surface area contributed by atoms with E-state index in [1.165, 1.54) is 42.3 Å². The van der Waals surface area contributed by atoms with Crippen molar-refractivity contribution < 1.29 is 28.8 Å². The molecule has 9 saturated carbocycles. The van der Waals surface area contributed by atoms with Gasteiger partial charge in [0, 0.05) is 159 Å². The lowest BCUT2D eigenvalue weighted by Crippen LogP contribution is -2.39. The number of nitrogens with zero attached hydrogens (tertiary/aromatic N) is 13. The molecule has 15 fully saturated rings. The highest BCUT2D eigenvalue weighted by molar-refractivity contribution is 6.33. The molecule has 11 aromatic heterocycles. The van der Waals surface area contributed by atoms with E-state index in [1.54, 1.807) is 6.20 Å². The molecule has 6 aliphatic heterocycles. The number of rotatable bonds is 25. The van der Waals surface area contributed by atoms with Crippen molar-refractivity contribution in [2.45, 2.75) is 212 Å². The number of benzene rings is 1. The number of carbonyl (C=O) groups is 6. The summed E-state index contributed by atoms with van der Waals surface area (Å²) in [5, 5.41) is 36.2. The largest absolute Gasteiger partial charge is 0.343 e. The van der Waals surface area contributed by atoms with Gasteiger partial charge < -0.3 is 50.4 Å². The maximum Gasteiger partial charge on any atom is 0.224 e. The Hall–Kier alpha value is -10.3. The van der Waals surface area contributed by atoms with Crippen molar-refractivity contribution in [1.82, 2.24) is 99.9 Å². The van der Waals surface area contributed by atoms with E-state index in [9.17, 15) is 28.8 Å². The van der Waals surface area contributed by atoms with Crippen molar-refractivity contribution in [1.29, 1.82) is 0 Å². The van der Waals surface area contributed by atoms with Crippen molar-refractivity contribution in [3.8, 4) is 0 Å². The summed E-state index contributed by atoms with van der Waals surface area (Å²) in [6.07, 6.45) is 25.4. The third-order valence-electron chi connectivity index (χ3n) is 34.6. The molecule has 6 unspecified atom stereocenters. The van der Waals surface area contributed by atoms with Crippen molar-refractivity contribution in [2.24, 2.45) is 107 Å². The van der Waals surface area contributed by atoms with Gasteiger partial charge in [-0.2, -0.15) is 0 Å². The van der Waals surface area contributed by atoms with Crippen LogP contribution in [0.2, 0.25) is 5.02 Å². The van der Waals surface area contributed by atoms with Crippen LogP contribution in [0, 0.1) is 134 Å². The van der Waals surface area contributed by atoms with Gasteiger partial charge in [0.15, 0.2) is 5.65 Å². The fourth-order valence-corrected chi connectivity index (χ4v) is 26.4. The minimum atomic E-state index is -0.297. The summed E-state index contributed by atoms with van der Waals surface area (Å²) in [5.41, 5.74) is 11.4. The van der Waals surface area contributed by atoms with E-state index in [0.29, 0.717) is 155 Å². The maximum atomic E-state index is 12.9. The van der Waals surface area contributed by atoms with E-state index in [1.807, 2.05) is 115 Å². The molecule has 0 bridgehead atoms. The molecule has 17 heterocycles. The molecule has 9 aliphatic carbocycles. The summed E-state index contributed by atoms with van der Waals surface area (Å²) in [6.45, 7) is 41.7. The van der Waals surface area contributed by atoms with Crippen LogP contribution in [0.1, 0.15) is 220 Å². The number of fused-ring (bicyclic) bond motifs is 12. The highest BCUT2D eigenvalue weighted by Gasteiger charge is 2.63. The Morgan fingerprint density at radius 2 is 0.813 bits per heavy atom. The number of nitrogens with one attached hydrogen (secondary N) is 7. The van der Waals surface area contributed by atoms with Crippen LogP contribution in [0.15, 0.2) is 135 Å². The monoisotopic (exact) mass is 1890 g/mol. The van der Waals surface area contributed by atoms with E-state index >= 15 is 0 Å². The minimum Gasteiger partial charge on any atom is -0.343 e. The van der Waals surface area contributed by atoms with Crippen LogP contribution in [0.4, 0.5) is 0 Å². The Morgan fingerprint density at radius 3 is 1.31 bits per heavy atom. The van der Waals surface area contributed by atoms with Crippen molar-refractivity contribution in [3.05, 3.63) is 208 Å². The number of hydrogen-bond acceptors (Lipinski definition) is 21. The Labute approximate surface area is 819 Å². The zero-order chi connectivity index (χ0) is 96.6. The zero-order valence-corrected chi connectivity index (χ0v) is 83.9. The van der Waals surface area contributed by atoms with Crippen LogP contribution in [-0.2, 0) is 61.4 Å². The number of para-hydroxylation sites is 1. The van der Waals surface area contributed by atoms with Gasteiger partial charge in [0.25, 0.3) is 0 Å². The number of Topliss-reactive ketones (excluding diaryl/α,β-unsaturated/α-hetero) is 5. The first kappa shape index (κ1) is 93.6. The predicted molar refractivity (Wildman–Crippen MR) is 538 cm³/mol. The molecule has 15 aliphatic rings. The van der Waals surface area contributed by atoms with Gasteiger partial charge >= 0.3 is 0 Å². The highest BCUT2D eigenvalue weighted by atomic mass is 35.5. The molecule has 27 rings (SSSR count). The van der Waals surface area contributed by atoms with Gasteiger partial charge in [-0.3, -0.25) is 43.1 Å². The summed E-state index contributed by atoms with van der Waals surface area (Å²) >= 11 is 6.22. The smallest absolute Gasteiger partial charge is 0.224 e. The molecule has 18 atom stereocenters. The fourth-order valence-electron chi connectivity index (χ4n) is 26.2. The topological polar surface area (TPSA) is 320 Å². The van der Waals surface area contributed by atoms with Crippen LogP contribution < -0.4 is 37.2 Å². The second-order valence-corrected chi connectivity index (χ2v) is 47.7. The van der Waals surface area contributed by atoms with E-state index in [2.05, 4.69) is 190 Å². The number of ketones is 5. The molecule has 728 valence electrons. The molecule has 1 aromatic carbocycles.